The third-order valence-electron chi connectivity index (χ3n) is 5.86. The molecular weight excluding hydrogens is 486 g/mol. The minimum Gasteiger partial charge on any atom is -0.378 e. The molecule has 35 heavy (non-hydrogen) atoms. The highest BCUT2D eigenvalue weighted by Gasteiger charge is 2.23. The fourth-order valence-corrected chi connectivity index (χ4v) is 5.60. The van der Waals surface area contributed by atoms with Crippen LogP contribution in [0.25, 0.3) is 32.0 Å². The van der Waals surface area contributed by atoms with Crippen molar-refractivity contribution in [3.8, 4) is 21.8 Å². The Hall–Kier alpha value is -3.19. The summed E-state index contributed by atoms with van der Waals surface area (Å²) in [5.41, 5.74) is 10.5. The van der Waals surface area contributed by atoms with Crippen LogP contribution in [0.2, 0.25) is 0 Å². The maximum absolute atomic E-state index is 10.7. The Morgan fingerprint density at radius 3 is 2.49 bits per heavy atom. The zero-order valence-electron chi connectivity index (χ0n) is 19.1. The zero-order chi connectivity index (χ0) is 24.4. The van der Waals surface area contributed by atoms with Crippen molar-refractivity contribution in [1.29, 1.82) is 0 Å². The lowest BCUT2D eigenvalue weighted by atomic mass is 10.1. The number of thiophene rings is 1. The second-order valence-electron chi connectivity index (χ2n) is 8.15. The maximum atomic E-state index is 10.7. The van der Waals surface area contributed by atoms with Gasteiger partial charge in [-0.3, -0.25) is 0 Å². The number of nitrogens with two attached hydrogens (primary N) is 1. The van der Waals surface area contributed by atoms with E-state index in [1.165, 1.54) is 0 Å². The van der Waals surface area contributed by atoms with Crippen LogP contribution in [0.5, 0.6) is 0 Å². The number of rotatable bonds is 7. The first-order chi connectivity index (χ1) is 17.0. The van der Waals surface area contributed by atoms with Crippen LogP contribution in [0.15, 0.2) is 36.7 Å². The van der Waals surface area contributed by atoms with Gasteiger partial charge in [-0.1, -0.05) is 24.3 Å². The highest BCUT2D eigenvalue weighted by molar-refractivity contribution is 7.70. The first kappa shape index (κ1) is 23.5. The summed E-state index contributed by atoms with van der Waals surface area (Å²) >= 11 is 1.68. The number of ether oxygens (including phenoxy) is 1. The average molecular weight is 512 g/mol. The Labute approximate surface area is 208 Å². The lowest BCUT2D eigenvalue weighted by molar-refractivity contribution is 0.122. The summed E-state index contributed by atoms with van der Waals surface area (Å²) in [4.78, 5) is 21.4. The van der Waals surface area contributed by atoms with Crippen LogP contribution in [-0.2, 0) is 22.0 Å². The van der Waals surface area contributed by atoms with Crippen LogP contribution in [0.3, 0.4) is 0 Å². The molecule has 10 nitrogen and oxygen atoms in total. The number of aromatic nitrogens is 4. The first-order valence-corrected chi connectivity index (χ1v) is 13.2. The summed E-state index contributed by atoms with van der Waals surface area (Å²) in [7, 11) is -2.57. The highest BCUT2D eigenvalue weighted by atomic mass is 32.2. The Bertz CT molecular complexity index is 1410. The lowest BCUT2D eigenvalue weighted by Crippen LogP contribution is -2.36. The van der Waals surface area contributed by atoms with E-state index < -0.39 is 10.9 Å². The first-order valence-electron chi connectivity index (χ1n) is 11.2. The quantitative estimate of drug-likeness (QED) is 0.319. The third-order valence-corrected chi connectivity index (χ3v) is 7.67. The molecule has 1 aliphatic heterocycles. The van der Waals surface area contributed by atoms with Crippen LogP contribution in [0.4, 0.5) is 11.8 Å². The second-order valence-corrected chi connectivity index (χ2v) is 10.00. The van der Waals surface area contributed by atoms with Crippen molar-refractivity contribution < 1.29 is 13.2 Å². The number of hydrogen-bond acceptors (Lipinski definition) is 10. The number of fused-ring (bicyclic) bond motifs is 1. The standard InChI is InChI=1S/C23H25N7O3S2/c1-14-18-20(34-19(14)16-4-2-15(3-5-16)6-7-27-35(31)32)22(30-8-10-33-11-9-30)29-21(28-18)17-12-25-23(24)26-13-17/h2-5,12-13,35H,6-11H2,1H3,(H2,24,25,26)(H,27,31,32). The number of nitrogens with zero attached hydrogens (tertiary/aromatic N) is 5. The van der Waals surface area contributed by atoms with Crippen LogP contribution >= 0.6 is 11.3 Å². The van der Waals surface area contributed by atoms with Crippen LogP contribution < -0.4 is 15.4 Å². The SMILES string of the molecule is Cc1c(-c2ccc(CCN[SH](=O)=O)cc2)sc2c(N3CCOCC3)nc(-c3cnc(N)nc3)nc12. The van der Waals surface area contributed by atoms with Crippen molar-refractivity contribution in [2.45, 2.75) is 13.3 Å². The maximum Gasteiger partial charge on any atom is 0.219 e. The molecule has 1 saturated heterocycles. The Kier molecular flexibility index (Phi) is 6.86. The number of anilines is 2. The van der Waals surface area contributed by atoms with E-state index in [2.05, 4.69) is 38.6 Å². The number of morpholine rings is 1. The molecule has 182 valence electrons. The van der Waals surface area contributed by atoms with E-state index in [0.717, 1.165) is 50.7 Å². The molecule has 1 fully saturated rings. The Balaban J connectivity index is 1.56. The van der Waals surface area contributed by atoms with Crippen molar-refractivity contribution in [3.05, 3.63) is 47.8 Å². The normalized spacial score (nSPS) is 14.2. The van der Waals surface area contributed by atoms with Gasteiger partial charge in [-0.2, -0.15) is 0 Å². The molecule has 0 atom stereocenters. The van der Waals surface area contributed by atoms with Gasteiger partial charge in [0.1, 0.15) is 0 Å². The fourth-order valence-electron chi connectivity index (χ4n) is 4.03. The summed E-state index contributed by atoms with van der Waals surface area (Å²) in [6.07, 6.45) is 3.92. The van der Waals surface area contributed by atoms with E-state index in [0.29, 0.717) is 37.6 Å². The van der Waals surface area contributed by atoms with Crippen molar-refractivity contribution in [2.75, 3.05) is 43.5 Å². The molecule has 1 aliphatic rings. The van der Waals surface area contributed by atoms with E-state index in [9.17, 15) is 8.42 Å². The monoisotopic (exact) mass is 511 g/mol. The van der Waals surface area contributed by atoms with Gasteiger partial charge in [0.2, 0.25) is 16.8 Å². The number of thiol groups is 1. The van der Waals surface area contributed by atoms with Crippen LogP contribution in [0, 0.1) is 6.92 Å². The van der Waals surface area contributed by atoms with E-state index in [1.807, 2.05) is 12.1 Å². The zero-order valence-corrected chi connectivity index (χ0v) is 20.8. The molecule has 5 rings (SSSR count). The molecule has 3 N–H and O–H groups in total. The minimum atomic E-state index is -2.57. The molecule has 0 unspecified atom stereocenters. The number of benzene rings is 1. The van der Waals surface area contributed by atoms with Gasteiger partial charge in [0.05, 0.1) is 29.0 Å². The van der Waals surface area contributed by atoms with Crippen LogP contribution in [-0.4, -0.2) is 61.2 Å². The summed E-state index contributed by atoms with van der Waals surface area (Å²) in [5, 5.41) is 0. The molecule has 12 heteroatoms. The number of nitrogens with one attached hydrogen (secondary N) is 1. The molecule has 0 bridgehead atoms. The number of aryl methyl sites for hydroxylation is 1. The minimum absolute atomic E-state index is 0.207. The number of nitrogen functional groups attached to an aromatic ring is 1. The third kappa shape index (κ3) is 5.10. The summed E-state index contributed by atoms with van der Waals surface area (Å²) in [5.74, 6) is 1.66. The van der Waals surface area contributed by atoms with Crippen LogP contribution in [0.1, 0.15) is 11.1 Å². The Morgan fingerprint density at radius 1 is 1.09 bits per heavy atom. The average Bonchev–Trinajstić information content (AvgIpc) is 3.21. The topological polar surface area (TPSA) is 136 Å². The number of hydrogen-bond donors (Lipinski definition) is 3. The van der Waals surface area contributed by atoms with Gasteiger partial charge in [0.25, 0.3) is 0 Å². The fraction of sp³-hybridized carbons (Fsp3) is 0.304. The Morgan fingerprint density at radius 2 is 1.80 bits per heavy atom. The van der Waals surface area contributed by atoms with Crippen molar-refractivity contribution in [1.82, 2.24) is 24.7 Å². The summed E-state index contributed by atoms with van der Waals surface area (Å²) in [6.45, 7) is 5.29. The van der Waals surface area contributed by atoms with Gasteiger partial charge in [-0.15, -0.1) is 11.3 Å². The van der Waals surface area contributed by atoms with E-state index in [1.54, 1.807) is 23.7 Å². The van der Waals surface area contributed by atoms with Gasteiger partial charge < -0.3 is 15.4 Å². The molecule has 0 radical (unpaired) electrons. The van der Waals surface area contributed by atoms with Gasteiger partial charge in [0.15, 0.2) is 11.6 Å². The van der Waals surface area contributed by atoms with Gasteiger partial charge in [-0.05, 0) is 30.0 Å². The van der Waals surface area contributed by atoms with Crippen molar-refractivity contribution >= 4 is 44.2 Å². The summed E-state index contributed by atoms with van der Waals surface area (Å²) < 4.78 is 30.5. The van der Waals surface area contributed by atoms with E-state index in [-0.39, 0.29) is 5.95 Å². The van der Waals surface area contributed by atoms with Gasteiger partial charge in [0, 0.05) is 36.9 Å². The van der Waals surface area contributed by atoms with E-state index in [4.69, 9.17) is 20.4 Å². The lowest BCUT2D eigenvalue weighted by Gasteiger charge is -2.28. The largest absolute Gasteiger partial charge is 0.378 e. The van der Waals surface area contributed by atoms with Gasteiger partial charge >= 0.3 is 0 Å². The van der Waals surface area contributed by atoms with Crippen molar-refractivity contribution in [2.24, 2.45) is 0 Å². The molecule has 0 aliphatic carbocycles. The molecule has 0 spiro atoms. The molecule has 0 amide bonds. The van der Waals surface area contributed by atoms with Gasteiger partial charge in [-0.25, -0.2) is 33.1 Å². The predicted molar refractivity (Wildman–Crippen MR) is 138 cm³/mol. The van der Waals surface area contributed by atoms with Crippen molar-refractivity contribution in [3.63, 3.8) is 0 Å². The molecule has 1 aromatic carbocycles. The second kappa shape index (κ2) is 10.2. The van der Waals surface area contributed by atoms with E-state index >= 15 is 0 Å². The predicted octanol–water partition coefficient (Wildman–Crippen LogP) is 2.20. The molecular formula is C23H25N7O3S2. The molecule has 4 aromatic rings. The molecule has 0 saturated carbocycles. The smallest absolute Gasteiger partial charge is 0.219 e. The molecule has 4 heterocycles. The summed E-state index contributed by atoms with van der Waals surface area (Å²) in [6, 6.07) is 8.20. The highest BCUT2D eigenvalue weighted by Crippen LogP contribution is 2.42. The molecule has 3 aromatic heterocycles.